The molecule has 1 amide bonds. The lowest BCUT2D eigenvalue weighted by atomic mass is 9.98. The summed E-state index contributed by atoms with van der Waals surface area (Å²) in [5, 5.41) is 0.0174. The molecule has 4 nitrogen and oxygen atoms in total. The topological polar surface area (TPSA) is 54.5 Å². The molecule has 0 aliphatic carbocycles. The molecule has 2 rings (SSSR count). The predicted molar refractivity (Wildman–Crippen MR) is 78.8 cm³/mol. The van der Waals surface area contributed by atoms with Crippen molar-refractivity contribution >= 4 is 37.2 Å². The fourth-order valence-electron chi connectivity index (χ4n) is 2.22. The molecule has 0 aromatic heterocycles. The van der Waals surface area contributed by atoms with E-state index in [0.717, 1.165) is 12.8 Å². The van der Waals surface area contributed by atoms with E-state index >= 15 is 0 Å². The van der Waals surface area contributed by atoms with E-state index in [9.17, 15) is 13.2 Å². The molecule has 0 spiro atoms. The van der Waals surface area contributed by atoms with Gasteiger partial charge in [-0.3, -0.25) is 4.79 Å². The van der Waals surface area contributed by atoms with Crippen LogP contribution in [0.5, 0.6) is 0 Å². The van der Waals surface area contributed by atoms with Gasteiger partial charge in [0.1, 0.15) is 4.90 Å². The summed E-state index contributed by atoms with van der Waals surface area (Å²) in [6, 6.07) is 4.15. The Hall–Kier alpha value is -0.780. The number of hydrogen-bond donors (Lipinski definition) is 0. The van der Waals surface area contributed by atoms with Crippen molar-refractivity contribution in [1.29, 1.82) is 0 Å². The second-order valence-electron chi connectivity index (χ2n) is 5.06. The average molecular weight is 336 g/mol. The van der Waals surface area contributed by atoms with Crippen molar-refractivity contribution < 1.29 is 13.2 Å². The Morgan fingerprint density at radius 2 is 1.90 bits per heavy atom. The van der Waals surface area contributed by atoms with Crippen molar-refractivity contribution in [3.8, 4) is 0 Å². The summed E-state index contributed by atoms with van der Waals surface area (Å²) in [5.74, 6) is 0.429. The van der Waals surface area contributed by atoms with Gasteiger partial charge in [0, 0.05) is 29.3 Å². The third kappa shape index (κ3) is 3.45. The molecule has 20 heavy (non-hydrogen) atoms. The van der Waals surface area contributed by atoms with Crippen LogP contribution >= 0.6 is 22.3 Å². The van der Waals surface area contributed by atoms with Crippen molar-refractivity contribution in [2.45, 2.75) is 24.7 Å². The molecule has 0 N–H and O–H groups in total. The van der Waals surface area contributed by atoms with Crippen molar-refractivity contribution in [1.82, 2.24) is 4.90 Å². The van der Waals surface area contributed by atoms with Crippen molar-refractivity contribution in [3.63, 3.8) is 0 Å². The van der Waals surface area contributed by atoms with Gasteiger partial charge >= 0.3 is 0 Å². The average Bonchev–Trinajstić information content (AvgIpc) is 2.38. The molecule has 1 fully saturated rings. The first-order valence-electron chi connectivity index (χ1n) is 6.32. The molecule has 1 saturated heterocycles. The number of nitrogens with zero attached hydrogens (tertiary/aromatic N) is 1. The lowest BCUT2D eigenvalue weighted by molar-refractivity contribution is 0.0697. The summed E-state index contributed by atoms with van der Waals surface area (Å²) in [4.78, 5) is 13.8. The SMILES string of the molecule is CC1CCN(C(=O)c2ccc(Cl)c(S(=O)(=O)Cl)c2)CC1. The van der Waals surface area contributed by atoms with Crippen LogP contribution in [0.15, 0.2) is 23.1 Å². The van der Waals surface area contributed by atoms with Gasteiger partial charge in [-0.1, -0.05) is 18.5 Å². The maximum absolute atomic E-state index is 12.3. The molecule has 1 aliphatic rings. The van der Waals surface area contributed by atoms with E-state index in [1.807, 2.05) is 0 Å². The highest BCUT2D eigenvalue weighted by molar-refractivity contribution is 8.13. The minimum Gasteiger partial charge on any atom is -0.339 e. The highest BCUT2D eigenvalue weighted by atomic mass is 35.7. The highest BCUT2D eigenvalue weighted by Crippen LogP contribution is 2.27. The van der Waals surface area contributed by atoms with E-state index < -0.39 is 9.05 Å². The maximum Gasteiger partial charge on any atom is 0.262 e. The smallest absolute Gasteiger partial charge is 0.262 e. The molecule has 0 atom stereocenters. The molecule has 7 heteroatoms. The predicted octanol–water partition coefficient (Wildman–Crippen LogP) is 3.14. The van der Waals surface area contributed by atoms with Crippen LogP contribution in [-0.4, -0.2) is 32.3 Å². The molecular formula is C13H15Cl2NO3S. The number of amides is 1. The lowest BCUT2D eigenvalue weighted by Gasteiger charge is -2.30. The normalized spacial score (nSPS) is 17.2. The first-order chi connectivity index (χ1) is 9.29. The number of benzene rings is 1. The molecule has 0 unspecified atom stereocenters. The maximum atomic E-state index is 12.3. The van der Waals surface area contributed by atoms with Crippen LogP contribution in [0, 0.1) is 5.92 Å². The monoisotopic (exact) mass is 335 g/mol. The van der Waals surface area contributed by atoms with Crippen LogP contribution in [0.4, 0.5) is 0 Å². The molecule has 0 saturated carbocycles. The van der Waals surface area contributed by atoms with Crippen molar-refractivity contribution in [2.75, 3.05) is 13.1 Å². The Morgan fingerprint density at radius 1 is 1.30 bits per heavy atom. The molecule has 0 radical (unpaired) electrons. The summed E-state index contributed by atoms with van der Waals surface area (Å²) in [6.07, 6.45) is 1.92. The first kappa shape index (κ1) is 15.6. The van der Waals surface area contributed by atoms with Crippen LogP contribution in [0.3, 0.4) is 0 Å². The number of halogens is 2. The van der Waals surface area contributed by atoms with Crippen LogP contribution in [0.1, 0.15) is 30.1 Å². The molecule has 1 aromatic rings. The molecular weight excluding hydrogens is 321 g/mol. The second kappa shape index (κ2) is 5.92. The number of hydrogen-bond acceptors (Lipinski definition) is 3. The second-order valence-corrected chi connectivity index (χ2v) is 8.00. The van der Waals surface area contributed by atoms with Gasteiger partial charge in [0.05, 0.1) is 5.02 Å². The third-order valence-corrected chi connectivity index (χ3v) is 5.32. The van der Waals surface area contributed by atoms with E-state index in [1.54, 1.807) is 4.90 Å². The fourth-order valence-corrected chi connectivity index (χ4v) is 3.71. The molecule has 0 bridgehead atoms. The Balaban J connectivity index is 2.27. The lowest BCUT2D eigenvalue weighted by Crippen LogP contribution is -2.37. The van der Waals surface area contributed by atoms with Gasteiger partial charge in [0.25, 0.3) is 15.0 Å². The summed E-state index contributed by atoms with van der Waals surface area (Å²) in [5.41, 5.74) is 0.295. The quantitative estimate of drug-likeness (QED) is 0.780. The zero-order chi connectivity index (χ0) is 14.9. The number of carbonyl (C=O) groups is 1. The Labute approximate surface area is 128 Å². The van der Waals surface area contributed by atoms with Crippen LogP contribution < -0.4 is 0 Å². The highest BCUT2D eigenvalue weighted by Gasteiger charge is 2.23. The van der Waals surface area contributed by atoms with Crippen LogP contribution in [0.25, 0.3) is 0 Å². The van der Waals surface area contributed by atoms with Gasteiger partial charge < -0.3 is 4.90 Å². The number of carbonyl (C=O) groups excluding carboxylic acids is 1. The fraction of sp³-hybridized carbons (Fsp3) is 0.462. The summed E-state index contributed by atoms with van der Waals surface area (Å²) < 4.78 is 22.8. The Bertz CT molecular complexity index is 623. The number of rotatable bonds is 2. The van der Waals surface area contributed by atoms with Gasteiger partial charge in [-0.2, -0.15) is 0 Å². The molecule has 1 heterocycles. The van der Waals surface area contributed by atoms with E-state index in [4.69, 9.17) is 22.3 Å². The zero-order valence-electron chi connectivity index (χ0n) is 11.0. The summed E-state index contributed by atoms with van der Waals surface area (Å²) in [6.45, 7) is 3.53. The Kier molecular flexibility index (Phi) is 4.62. The molecule has 110 valence electrons. The largest absolute Gasteiger partial charge is 0.339 e. The van der Waals surface area contributed by atoms with E-state index in [2.05, 4.69) is 6.92 Å². The van der Waals surface area contributed by atoms with E-state index in [1.165, 1.54) is 18.2 Å². The number of likely N-dealkylation sites (tertiary alicyclic amines) is 1. The third-order valence-electron chi connectivity index (χ3n) is 3.51. The molecule has 1 aliphatic heterocycles. The number of piperidine rings is 1. The van der Waals surface area contributed by atoms with E-state index in [-0.39, 0.29) is 15.8 Å². The van der Waals surface area contributed by atoms with Crippen LogP contribution in [0.2, 0.25) is 5.02 Å². The van der Waals surface area contributed by atoms with Gasteiger partial charge in [0.15, 0.2) is 0 Å². The zero-order valence-corrected chi connectivity index (χ0v) is 13.3. The molecule has 1 aromatic carbocycles. The first-order valence-corrected chi connectivity index (χ1v) is 9.01. The van der Waals surface area contributed by atoms with Gasteiger partial charge in [-0.15, -0.1) is 0 Å². The van der Waals surface area contributed by atoms with Crippen molar-refractivity contribution in [3.05, 3.63) is 28.8 Å². The van der Waals surface area contributed by atoms with E-state index in [0.29, 0.717) is 24.6 Å². The van der Waals surface area contributed by atoms with Crippen LogP contribution in [-0.2, 0) is 9.05 Å². The van der Waals surface area contributed by atoms with Crippen molar-refractivity contribution in [2.24, 2.45) is 5.92 Å². The minimum atomic E-state index is -3.96. The summed E-state index contributed by atoms with van der Waals surface area (Å²) >= 11 is 5.80. The van der Waals surface area contributed by atoms with Gasteiger partial charge in [0.2, 0.25) is 0 Å². The standard InChI is InChI=1S/C13H15Cl2NO3S/c1-9-4-6-16(7-5-9)13(17)10-2-3-11(14)12(8-10)20(15,18)19/h2-3,8-9H,4-7H2,1H3. The van der Waals surface area contributed by atoms with Gasteiger partial charge in [-0.25, -0.2) is 8.42 Å². The minimum absolute atomic E-state index is 0.0174. The Morgan fingerprint density at radius 3 is 2.45 bits per heavy atom. The summed E-state index contributed by atoms with van der Waals surface area (Å²) in [7, 11) is 1.35. The van der Waals surface area contributed by atoms with Gasteiger partial charge in [-0.05, 0) is 37.0 Å².